The predicted molar refractivity (Wildman–Crippen MR) is 76.6 cm³/mol. The predicted octanol–water partition coefficient (Wildman–Crippen LogP) is 0.387. The van der Waals surface area contributed by atoms with Crippen molar-refractivity contribution in [3.63, 3.8) is 0 Å². The lowest BCUT2D eigenvalue weighted by Crippen LogP contribution is -2.32. The van der Waals surface area contributed by atoms with Gasteiger partial charge in [-0.3, -0.25) is 14.6 Å². The summed E-state index contributed by atoms with van der Waals surface area (Å²) in [5.74, 6) is -1.64. The minimum absolute atomic E-state index is 0.148. The molecular formula is C14H17N3O4. The summed E-state index contributed by atoms with van der Waals surface area (Å²) in [4.78, 5) is 39.4. The number of carboxylic acid groups (broad SMARTS) is 1. The number of pyridine rings is 1. The molecule has 0 fully saturated rings. The molecule has 1 rings (SSSR count). The number of aliphatic carboxylic acids is 1. The Morgan fingerprint density at radius 3 is 2.76 bits per heavy atom. The van der Waals surface area contributed by atoms with E-state index in [9.17, 15) is 14.4 Å². The Morgan fingerprint density at radius 2 is 2.14 bits per heavy atom. The minimum Gasteiger partial charge on any atom is -0.478 e. The third kappa shape index (κ3) is 5.06. The van der Waals surface area contributed by atoms with Crippen LogP contribution in [-0.2, 0) is 9.59 Å². The molecule has 7 heteroatoms. The maximum Gasteiger partial charge on any atom is 0.328 e. The molecule has 1 aromatic rings. The van der Waals surface area contributed by atoms with Gasteiger partial charge in [-0.25, -0.2) is 4.79 Å². The van der Waals surface area contributed by atoms with E-state index in [1.807, 2.05) is 0 Å². The molecular weight excluding hydrogens is 274 g/mol. The highest BCUT2D eigenvalue weighted by molar-refractivity contribution is 5.97. The maximum absolute atomic E-state index is 12.3. The standard InChI is InChI=1S/C14H17N3O4/c1-15-11(18)7-9-17(2)14(21)13-10(4-3-8-16-13)5-6-12(19)20/h3-6,8H,7,9H2,1-2H3,(H,15,18)(H,19,20)/b6-5+. The van der Waals surface area contributed by atoms with Gasteiger partial charge in [0.2, 0.25) is 5.91 Å². The first-order valence-electron chi connectivity index (χ1n) is 6.27. The molecule has 112 valence electrons. The Balaban J connectivity index is 2.86. The highest BCUT2D eigenvalue weighted by atomic mass is 16.4. The first kappa shape index (κ1) is 16.4. The van der Waals surface area contributed by atoms with Gasteiger partial charge >= 0.3 is 5.97 Å². The van der Waals surface area contributed by atoms with Gasteiger partial charge in [-0.05, 0) is 12.1 Å². The summed E-state index contributed by atoms with van der Waals surface area (Å²) in [6.07, 6.45) is 3.90. The second-order valence-corrected chi connectivity index (χ2v) is 4.26. The fourth-order valence-electron chi connectivity index (χ4n) is 1.57. The lowest BCUT2D eigenvalue weighted by Gasteiger charge is -2.17. The van der Waals surface area contributed by atoms with E-state index >= 15 is 0 Å². The molecule has 0 atom stereocenters. The van der Waals surface area contributed by atoms with E-state index in [1.165, 1.54) is 24.2 Å². The zero-order valence-electron chi connectivity index (χ0n) is 11.9. The molecule has 0 aliphatic rings. The van der Waals surface area contributed by atoms with E-state index in [0.717, 1.165) is 6.08 Å². The molecule has 21 heavy (non-hydrogen) atoms. The summed E-state index contributed by atoms with van der Waals surface area (Å²) in [5.41, 5.74) is 0.561. The Bertz CT molecular complexity index is 569. The SMILES string of the molecule is CNC(=O)CCN(C)C(=O)c1ncccc1/C=C/C(=O)O. The van der Waals surface area contributed by atoms with Crippen LogP contribution in [0.4, 0.5) is 0 Å². The van der Waals surface area contributed by atoms with Crippen molar-refractivity contribution < 1.29 is 19.5 Å². The van der Waals surface area contributed by atoms with Crippen molar-refractivity contribution in [2.75, 3.05) is 20.6 Å². The minimum atomic E-state index is -1.11. The second kappa shape index (κ2) is 7.78. The average molecular weight is 291 g/mol. The number of nitrogens with one attached hydrogen (secondary N) is 1. The van der Waals surface area contributed by atoms with Gasteiger partial charge in [-0.1, -0.05) is 6.07 Å². The molecule has 2 amide bonds. The van der Waals surface area contributed by atoms with E-state index in [1.54, 1.807) is 19.2 Å². The molecule has 7 nitrogen and oxygen atoms in total. The Morgan fingerprint density at radius 1 is 1.43 bits per heavy atom. The Kier molecular flexibility index (Phi) is 6.06. The van der Waals surface area contributed by atoms with E-state index in [0.29, 0.717) is 5.56 Å². The van der Waals surface area contributed by atoms with Crippen LogP contribution in [0.2, 0.25) is 0 Å². The van der Waals surface area contributed by atoms with Crippen molar-refractivity contribution in [2.45, 2.75) is 6.42 Å². The fraction of sp³-hybridized carbons (Fsp3) is 0.286. The molecule has 0 bridgehead atoms. The molecule has 0 saturated heterocycles. The van der Waals surface area contributed by atoms with Crippen LogP contribution in [0.25, 0.3) is 6.08 Å². The van der Waals surface area contributed by atoms with Gasteiger partial charge in [-0.15, -0.1) is 0 Å². The van der Waals surface area contributed by atoms with Gasteiger partial charge in [0.25, 0.3) is 5.91 Å². The largest absolute Gasteiger partial charge is 0.478 e. The van der Waals surface area contributed by atoms with Gasteiger partial charge in [0.05, 0.1) is 0 Å². The zero-order valence-corrected chi connectivity index (χ0v) is 11.9. The third-order valence-electron chi connectivity index (χ3n) is 2.75. The van der Waals surface area contributed by atoms with Crippen LogP contribution >= 0.6 is 0 Å². The van der Waals surface area contributed by atoms with Gasteiger partial charge in [-0.2, -0.15) is 0 Å². The van der Waals surface area contributed by atoms with Crippen LogP contribution < -0.4 is 5.32 Å². The lowest BCUT2D eigenvalue weighted by molar-refractivity contribution is -0.131. The van der Waals surface area contributed by atoms with Gasteiger partial charge in [0, 0.05) is 44.9 Å². The number of carbonyl (C=O) groups excluding carboxylic acids is 2. The van der Waals surface area contributed by atoms with Crippen molar-refractivity contribution >= 4 is 23.9 Å². The number of carbonyl (C=O) groups is 3. The average Bonchev–Trinajstić information content (AvgIpc) is 2.49. The van der Waals surface area contributed by atoms with E-state index in [-0.39, 0.29) is 30.5 Å². The fourth-order valence-corrected chi connectivity index (χ4v) is 1.57. The normalized spacial score (nSPS) is 10.4. The highest BCUT2D eigenvalue weighted by Crippen LogP contribution is 2.10. The van der Waals surface area contributed by atoms with E-state index < -0.39 is 5.97 Å². The van der Waals surface area contributed by atoms with Crippen LogP contribution in [0.1, 0.15) is 22.5 Å². The van der Waals surface area contributed by atoms with Gasteiger partial charge < -0.3 is 15.3 Å². The van der Waals surface area contributed by atoms with E-state index in [2.05, 4.69) is 10.3 Å². The summed E-state index contributed by atoms with van der Waals surface area (Å²) in [6, 6.07) is 3.22. The van der Waals surface area contributed by atoms with Crippen molar-refractivity contribution in [1.29, 1.82) is 0 Å². The first-order valence-corrected chi connectivity index (χ1v) is 6.27. The molecule has 0 spiro atoms. The number of amides is 2. The summed E-state index contributed by atoms with van der Waals surface area (Å²) < 4.78 is 0. The number of nitrogens with zero attached hydrogens (tertiary/aromatic N) is 2. The molecule has 0 aromatic carbocycles. The zero-order chi connectivity index (χ0) is 15.8. The molecule has 0 radical (unpaired) electrons. The molecule has 1 heterocycles. The van der Waals surface area contributed by atoms with Crippen molar-refractivity contribution in [3.05, 3.63) is 35.7 Å². The smallest absolute Gasteiger partial charge is 0.328 e. The summed E-state index contributed by atoms with van der Waals surface area (Å²) in [5, 5.41) is 11.1. The van der Waals surface area contributed by atoms with Gasteiger partial charge in [0.15, 0.2) is 0 Å². The molecule has 0 aliphatic heterocycles. The van der Waals surface area contributed by atoms with Crippen molar-refractivity contribution in [1.82, 2.24) is 15.2 Å². The molecule has 0 aliphatic carbocycles. The van der Waals surface area contributed by atoms with Crippen molar-refractivity contribution in [3.8, 4) is 0 Å². The number of hydrogen-bond donors (Lipinski definition) is 2. The Labute approximate surface area is 122 Å². The molecule has 0 unspecified atom stereocenters. The molecule has 1 aromatic heterocycles. The van der Waals surface area contributed by atoms with Crippen LogP contribution in [0.5, 0.6) is 0 Å². The summed E-state index contributed by atoms with van der Waals surface area (Å²) >= 11 is 0. The van der Waals surface area contributed by atoms with E-state index in [4.69, 9.17) is 5.11 Å². The topological polar surface area (TPSA) is 99.6 Å². The number of hydrogen-bond acceptors (Lipinski definition) is 4. The maximum atomic E-state index is 12.3. The molecule has 0 saturated carbocycles. The number of carboxylic acids is 1. The van der Waals surface area contributed by atoms with Crippen LogP contribution in [0.3, 0.4) is 0 Å². The molecule has 2 N–H and O–H groups in total. The summed E-state index contributed by atoms with van der Waals surface area (Å²) in [6.45, 7) is 0.247. The van der Waals surface area contributed by atoms with Crippen molar-refractivity contribution in [2.24, 2.45) is 0 Å². The highest BCUT2D eigenvalue weighted by Gasteiger charge is 2.16. The quantitative estimate of drug-likeness (QED) is 0.738. The summed E-state index contributed by atoms with van der Waals surface area (Å²) in [7, 11) is 3.09. The third-order valence-corrected chi connectivity index (χ3v) is 2.75. The first-order chi connectivity index (χ1) is 9.95. The second-order valence-electron chi connectivity index (χ2n) is 4.26. The van der Waals surface area contributed by atoms with Crippen LogP contribution in [0.15, 0.2) is 24.4 Å². The van der Waals surface area contributed by atoms with Gasteiger partial charge in [0.1, 0.15) is 5.69 Å². The van der Waals surface area contributed by atoms with Crippen LogP contribution in [0, 0.1) is 0 Å². The Hall–Kier alpha value is -2.70. The monoisotopic (exact) mass is 291 g/mol. The lowest BCUT2D eigenvalue weighted by atomic mass is 10.1. The van der Waals surface area contributed by atoms with Crippen LogP contribution in [-0.4, -0.2) is 53.4 Å². The number of rotatable bonds is 6. The number of aromatic nitrogens is 1.